The minimum atomic E-state index is -0.747. The molecule has 162 valence electrons. The summed E-state index contributed by atoms with van der Waals surface area (Å²) in [7, 11) is 3.17. The van der Waals surface area contributed by atoms with Gasteiger partial charge in [-0.25, -0.2) is 4.98 Å². The van der Waals surface area contributed by atoms with Gasteiger partial charge >= 0.3 is 0 Å². The lowest BCUT2D eigenvalue weighted by Gasteiger charge is -2.36. The summed E-state index contributed by atoms with van der Waals surface area (Å²) in [5.41, 5.74) is 7.74. The van der Waals surface area contributed by atoms with Crippen molar-refractivity contribution in [1.29, 1.82) is 0 Å². The number of rotatable bonds is 7. The predicted molar refractivity (Wildman–Crippen MR) is 113 cm³/mol. The number of carbonyl (C=O) groups excluding carboxylic acids is 1. The third-order valence-electron chi connectivity index (χ3n) is 5.40. The van der Waals surface area contributed by atoms with Crippen molar-refractivity contribution in [3.63, 3.8) is 0 Å². The van der Waals surface area contributed by atoms with E-state index in [0.29, 0.717) is 42.7 Å². The molecule has 8 heteroatoms. The number of nitrogens with one attached hydrogen (secondary N) is 1. The third kappa shape index (κ3) is 4.18. The smallest absolute Gasteiger partial charge is 0.261 e. The Morgan fingerprint density at radius 2 is 2.00 bits per heavy atom. The van der Waals surface area contributed by atoms with Gasteiger partial charge in [0.1, 0.15) is 5.56 Å². The van der Waals surface area contributed by atoms with E-state index in [1.807, 2.05) is 6.07 Å². The van der Waals surface area contributed by atoms with Gasteiger partial charge in [0.05, 0.1) is 25.1 Å². The van der Waals surface area contributed by atoms with Crippen molar-refractivity contribution >= 4 is 5.91 Å². The van der Waals surface area contributed by atoms with E-state index < -0.39 is 11.5 Å². The van der Waals surface area contributed by atoms with Crippen LogP contribution in [0.3, 0.4) is 0 Å². The van der Waals surface area contributed by atoms with Crippen LogP contribution >= 0.6 is 0 Å². The highest BCUT2D eigenvalue weighted by Crippen LogP contribution is 2.47. The molecule has 2 aromatic heterocycles. The Hall–Kier alpha value is -2.87. The van der Waals surface area contributed by atoms with Crippen molar-refractivity contribution < 1.29 is 19.0 Å². The summed E-state index contributed by atoms with van der Waals surface area (Å²) < 4.78 is 16.4. The number of amides is 1. The third-order valence-corrected chi connectivity index (χ3v) is 5.40. The van der Waals surface area contributed by atoms with Crippen LogP contribution in [0.4, 0.5) is 0 Å². The molecule has 1 unspecified atom stereocenters. The van der Waals surface area contributed by atoms with Crippen LogP contribution in [0.15, 0.2) is 16.9 Å². The van der Waals surface area contributed by atoms with Gasteiger partial charge in [0.25, 0.3) is 17.3 Å². The molecule has 0 radical (unpaired) electrons. The molecule has 0 saturated heterocycles. The van der Waals surface area contributed by atoms with Gasteiger partial charge in [-0.1, -0.05) is 20.8 Å². The van der Waals surface area contributed by atoms with Gasteiger partial charge in [0.15, 0.2) is 5.75 Å². The van der Waals surface area contributed by atoms with E-state index in [9.17, 15) is 9.59 Å². The molecular weight excluding hydrogens is 386 g/mol. The Labute approximate surface area is 175 Å². The van der Waals surface area contributed by atoms with Gasteiger partial charge in [-0.2, -0.15) is 0 Å². The highest BCUT2D eigenvalue weighted by molar-refractivity contribution is 5.93. The number of aromatic nitrogens is 2. The van der Waals surface area contributed by atoms with Crippen molar-refractivity contribution in [2.75, 3.05) is 27.4 Å². The fourth-order valence-electron chi connectivity index (χ4n) is 3.83. The highest BCUT2D eigenvalue weighted by Gasteiger charge is 2.36. The van der Waals surface area contributed by atoms with Gasteiger partial charge in [-0.3, -0.25) is 9.59 Å². The summed E-state index contributed by atoms with van der Waals surface area (Å²) in [5.74, 6) is 0.194. The Kier molecular flexibility index (Phi) is 6.17. The number of carbonyl (C=O) groups is 1. The van der Waals surface area contributed by atoms with E-state index in [2.05, 4.69) is 30.7 Å². The molecule has 1 amide bonds. The summed E-state index contributed by atoms with van der Waals surface area (Å²) in [4.78, 5) is 31.7. The quantitative estimate of drug-likeness (QED) is 0.672. The average Bonchev–Trinajstić information content (AvgIpc) is 2.68. The minimum absolute atomic E-state index is 0.0449. The first-order chi connectivity index (χ1) is 14.2. The fourth-order valence-corrected chi connectivity index (χ4v) is 3.83. The molecule has 8 nitrogen and oxygen atoms in total. The van der Waals surface area contributed by atoms with Crippen LogP contribution in [0.2, 0.25) is 0 Å². The summed E-state index contributed by atoms with van der Waals surface area (Å²) in [6, 6.07) is 3.54. The first-order valence-electron chi connectivity index (χ1n) is 9.94. The molecule has 1 aliphatic carbocycles. The van der Waals surface area contributed by atoms with Gasteiger partial charge in [-0.15, -0.1) is 0 Å². The minimum Gasteiger partial charge on any atom is -0.488 e. The summed E-state index contributed by atoms with van der Waals surface area (Å²) in [6.45, 7) is 7.45. The van der Waals surface area contributed by atoms with Crippen LogP contribution in [0, 0.1) is 5.41 Å². The Morgan fingerprint density at radius 1 is 1.27 bits per heavy atom. The lowest BCUT2D eigenvalue weighted by molar-refractivity contribution is 0.0998. The highest BCUT2D eigenvalue weighted by atomic mass is 16.5. The molecule has 0 saturated carbocycles. The van der Waals surface area contributed by atoms with E-state index in [-0.39, 0.29) is 16.9 Å². The number of hydrogen-bond acceptors (Lipinski definition) is 6. The van der Waals surface area contributed by atoms with Crippen LogP contribution < -0.4 is 20.8 Å². The molecular formula is C22H29N3O5. The SMILES string of the molecule is COCCCOc1cc2c(nc1OC)-c1[nH]c(=O)c(C(N)=O)cc1C(C(C)(C)C)C2. The number of H-pyrrole nitrogens is 1. The number of hydrogen-bond donors (Lipinski definition) is 2. The summed E-state index contributed by atoms with van der Waals surface area (Å²) in [5, 5.41) is 0. The Bertz CT molecular complexity index is 1010. The van der Waals surface area contributed by atoms with Crippen molar-refractivity contribution in [2.24, 2.45) is 11.1 Å². The molecule has 0 fully saturated rings. The van der Waals surface area contributed by atoms with E-state index >= 15 is 0 Å². The van der Waals surface area contributed by atoms with E-state index in [0.717, 1.165) is 17.5 Å². The average molecular weight is 415 g/mol. The zero-order valence-electron chi connectivity index (χ0n) is 18.1. The first kappa shape index (κ1) is 21.8. The Balaban J connectivity index is 2.14. The number of methoxy groups -OCH3 is 2. The van der Waals surface area contributed by atoms with Gasteiger partial charge in [0, 0.05) is 20.1 Å². The topological polar surface area (TPSA) is 117 Å². The maximum absolute atomic E-state index is 12.5. The largest absolute Gasteiger partial charge is 0.488 e. The van der Waals surface area contributed by atoms with E-state index in [1.54, 1.807) is 13.2 Å². The molecule has 2 heterocycles. The number of nitrogens with zero attached hydrogens (tertiary/aromatic N) is 1. The molecule has 0 spiro atoms. The second kappa shape index (κ2) is 8.47. The van der Waals surface area contributed by atoms with Gasteiger partial charge in [0.2, 0.25) is 0 Å². The number of pyridine rings is 2. The fraction of sp³-hybridized carbons (Fsp3) is 0.500. The van der Waals surface area contributed by atoms with Gasteiger partial charge in [-0.05, 0) is 41.0 Å². The van der Waals surface area contributed by atoms with Crippen molar-refractivity contribution in [3.05, 3.63) is 39.2 Å². The lowest BCUT2D eigenvalue weighted by atomic mass is 9.69. The zero-order valence-corrected chi connectivity index (χ0v) is 18.1. The van der Waals surface area contributed by atoms with E-state index in [1.165, 1.54) is 7.11 Å². The van der Waals surface area contributed by atoms with Crippen molar-refractivity contribution in [2.45, 2.75) is 39.5 Å². The van der Waals surface area contributed by atoms with Crippen molar-refractivity contribution in [1.82, 2.24) is 9.97 Å². The predicted octanol–water partition coefficient (Wildman–Crippen LogP) is 2.65. The van der Waals surface area contributed by atoms with Crippen LogP contribution in [-0.4, -0.2) is 43.3 Å². The van der Waals surface area contributed by atoms with Crippen LogP contribution in [0.25, 0.3) is 11.4 Å². The number of ether oxygens (including phenoxy) is 3. The zero-order chi connectivity index (χ0) is 22.1. The number of aromatic amines is 1. The molecule has 3 rings (SSSR count). The standard InChI is InChI=1S/C22H29N3O5/c1-22(2,3)15-9-12-10-16(30-8-6-7-28-4)21(29-5)25-17(12)18-13(15)11-14(19(23)26)20(27)24-18/h10-11,15H,6-9H2,1-5H3,(H2,23,26)(H,24,27). The normalized spacial score (nSPS) is 15.3. The molecule has 0 bridgehead atoms. The van der Waals surface area contributed by atoms with Crippen LogP contribution in [0.5, 0.6) is 11.6 Å². The second-order valence-electron chi connectivity index (χ2n) is 8.53. The summed E-state index contributed by atoms with van der Waals surface area (Å²) >= 11 is 0. The lowest BCUT2D eigenvalue weighted by Crippen LogP contribution is -2.30. The maximum Gasteiger partial charge on any atom is 0.261 e. The van der Waals surface area contributed by atoms with Crippen LogP contribution in [-0.2, 0) is 11.2 Å². The number of primary amides is 1. The molecule has 1 atom stereocenters. The summed E-state index contributed by atoms with van der Waals surface area (Å²) in [6.07, 6.45) is 1.43. The molecule has 30 heavy (non-hydrogen) atoms. The first-order valence-corrected chi connectivity index (χ1v) is 9.94. The van der Waals surface area contributed by atoms with Crippen LogP contribution in [0.1, 0.15) is 54.6 Å². The molecule has 2 aromatic rings. The monoisotopic (exact) mass is 415 g/mol. The van der Waals surface area contributed by atoms with Crippen molar-refractivity contribution in [3.8, 4) is 23.0 Å². The number of fused-ring (bicyclic) bond motifs is 3. The second-order valence-corrected chi connectivity index (χ2v) is 8.53. The molecule has 1 aliphatic rings. The molecule has 0 aromatic carbocycles. The van der Waals surface area contributed by atoms with E-state index in [4.69, 9.17) is 19.9 Å². The molecule has 3 N–H and O–H groups in total. The Morgan fingerprint density at radius 3 is 2.60 bits per heavy atom. The maximum atomic E-state index is 12.5. The van der Waals surface area contributed by atoms with Gasteiger partial charge < -0.3 is 24.9 Å². The molecule has 0 aliphatic heterocycles. The number of nitrogens with two attached hydrogens (primary N) is 1.